The van der Waals surface area contributed by atoms with Crippen molar-refractivity contribution in [3.8, 4) is 0 Å². The quantitative estimate of drug-likeness (QED) is 0.519. The molecule has 7 heteroatoms. The maximum absolute atomic E-state index is 13.7. The Labute approximate surface area is 160 Å². The predicted molar refractivity (Wildman–Crippen MR) is 104 cm³/mol. The lowest BCUT2D eigenvalue weighted by Gasteiger charge is -2.12. The lowest BCUT2D eigenvalue weighted by atomic mass is 10.1. The number of aryl methyl sites for hydroxylation is 2. The van der Waals surface area contributed by atoms with Gasteiger partial charge in [0.05, 0.1) is 18.8 Å². The second kappa shape index (κ2) is 10.7. The largest absolute Gasteiger partial charge is 0.380 e. The number of nitrogens with zero attached hydrogens (tertiary/aromatic N) is 2. The molecule has 1 aromatic heterocycles. The van der Waals surface area contributed by atoms with E-state index in [2.05, 4.69) is 34.6 Å². The summed E-state index contributed by atoms with van der Waals surface area (Å²) in [6.07, 6.45) is 1.63. The van der Waals surface area contributed by atoms with Crippen molar-refractivity contribution in [2.24, 2.45) is 4.99 Å². The molecule has 0 bridgehead atoms. The van der Waals surface area contributed by atoms with Gasteiger partial charge in [0.2, 0.25) is 0 Å². The standard InChI is InChI=1S/C20H29FN4O2/c1-5-18-16(19(6-2)27-25-18)12-24-20(22-7-3)23-11-14-8-9-17(21)15(10-14)13-26-4/h8-10H,5-7,11-13H2,1-4H3,(H2,22,23,24). The average molecular weight is 376 g/mol. The summed E-state index contributed by atoms with van der Waals surface area (Å²) < 4.78 is 24.2. The number of ether oxygens (including phenoxy) is 1. The van der Waals surface area contributed by atoms with Crippen LogP contribution in [0, 0.1) is 5.82 Å². The van der Waals surface area contributed by atoms with Gasteiger partial charge in [-0.25, -0.2) is 9.38 Å². The molecule has 2 aromatic rings. The summed E-state index contributed by atoms with van der Waals surface area (Å²) in [5.41, 5.74) is 3.52. The molecular formula is C20H29FN4O2. The van der Waals surface area contributed by atoms with Gasteiger partial charge in [-0.05, 0) is 31.0 Å². The smallest absolute Gasteiger partial charge is 0.191 e. The molecule has 0 saturated heterocycles. The number of nitrogens with one attached hydrogen (secondary N) is 2. The van der Waals surface area contributed by atoms with E-state index in [4.69, 9.17) is 9.26 Å². The summed E-state index contributed by atoms with van der Waals surface area (Å²) in [5, 5.41) is 10.7. The van der Waals surface area contributed by atoms with Crippen LogP contribution in [0.2, 0.25) is 0 Å². The number of halogens is 1. The van der Waals surface area contributed by atoms with Crippen molar-refractivity contribution >= 4 is 5.96 Å². The molecule has 0 fully saturated rings. The average Bonchev–Trinajstić information content (AvgIpc) is 3.08. The molecule has 0 unspecified atom stereocenters. The van der Waals surface area contributed by atoms with Crippen LogP contribution in [0.4, 0.5) is 4.39 Å². The predicted octanol–water partition coefficient (Wildman–Crippen LogP) is 3.34. The Morgan fingerprint density at radius 3 is 2.70 bits per heavy atom. The fourth-order valence-electron chi connectivity index (χ4n) is 2.81. The number of hydrogen-bond acceptors (Lipinski definition) is 4. The summed E-state index contributed by atoms with van der Waals surface area (Å²) in [5.74, 6) is 1.33. The zero-order valence-electron chi connectivity index (χ0n) is 16.6. The van der Waals surface area contributed by atoms with Crippen LogP contribution < -0.4 is 10.6 Å². The topological polar surface area (TPSA) is 71.7 Å². The zero-order chi connectivity index (χ0) is 19.6. The minimum Gasteiger partial charge on any atom is -0.380 e. The Hall–Kier alpha value is -2.41. The zero-order valence-corrected chi connectivity index (χ0v) is 16.6. The Balaban J connectivity index is 2.08. The van der Waals surface area contributed by atoms with Gasteiger partial charge in [-0.15, -0.1) is 0 Å². The molecule has 0 radical (unpaired) electrons. The van der Waals surface area contributed by atoms with Gasteiger partial charge in [0, 0.05) is 37.7 Å². The van der Waals surface area contributed by atoms with E-state index >= 15 is 0 Å². The molecule has 0 aliphatic rings. The van der Waals surface area contributed by atoms with Crippen LogP contribution in [0.1, 0.15) is 48.9 Å². The summed E-state index contributed by atoms with van der Waals surface area (Å²) >= 11 is 0. The molecular weight excluding hydrogens is 347 g/mol. The third-order valence-corrected chi connectivity index (χ3v) is 4.21. The Morgan fingerprint density at radius 1 is 1.22 bits per heavy atom. The third-order valence-electron chi connectivity index (χ3n) is 4.21. The van der Waals surface area contributed by atoms with E-state index < -0.39 is 0 Å². The van der Waals surface area contributed by atoms with E-state index in [0.29, 0.717) is 24.6 Å². The van der Waals surface area contributed by atoms with Gasteiger partial charge in [-0.2, -0.15) is 0 Å². The minimum atomic E-state index is -0.263. The highest BCUT2D eigenvalue weighted by Gasteiger charge is 2.13. The van der Waals surface area contributed by atoms with Crippen molar-refractivity contribution in [3.63, 3.8) is 0 Å². The van der Waals surface area contributed by atoms with Crippen molar-refractivity contribution in [2.45, 2.75) is 53.3 Å². The minimum absolute atomic E-state index is 0.245. The molecule has 0 atom stereocenters. The van der Waals surface area contributed by atoms with E-state index in [9.17, 15) is 4.39 Å². The first kappa shape index (κ1) is 20.9. The second-order valence-electron chi connectivity index (χ2n) is 6.15. The first-order chi connectivity index (χ1) is 13.1. The molecule has 0 aliphatic carbocycles. The molecule has 1 aromatic carbocycles. The number of benzene rings is 1. The summed E-state index contributed by atoms with van der Waals surface area (Å²) in [4.78, 5) is 4.61. The number of hydrogen-bond donors (Lipinski definition) is 2. The molecule has 1 heterocycles. The maximum atomic E-state index is 13.7. The van der Waals surface area contributed by atoms with Gasteiger partial charge in [0.15, 0.2) is 5.96 Å². The third kappa shape index (κ3) is 5.79. The van der Waals surface area contributed by atoms with Crippen molar-refractivity contribution < 1.29 is 13.7 Å². The van der Waals surface area contributed by atoms with Crippen molar-refractivity contribution in [2.75, 3.05) is 13.7 Å². The molecule has 6 nitrogen and oxygen atoms in total. The van der Waals surface area contributed by atoms with Crippen molar-refractivity contribution in [1.29, 1.82) is 0 Å². The summed E-state index contributed by atoms with van der Waals surface area (Å²) in [6.45, 7) is 8.16. The van der Waals surface area contributed by atoms with Gasteiger partial charge in [-0.3, -0.25) is 0 Å². The maximum Gasteiger partial charge on any atom is 0.191 e. The van der Waals surface area contributed by atoms with Crippen LogP contribution in [0.5, 0.6) is 0 Å². The molecule has 0 spiro atoms. The summed E-state index contributed by atoms with van der Waals surface area (Å²) in [6, 6.07) is 4.99. The number of guanidine groups is 1. The second-order valence-corrected chi connectivity index (χ2v) is 6.15. The van der Waals surface area contributed by atoms with Gasteiger partial charge in [0.1, 0.15) is 11.6 Å². The highest BCUT2D eigenvalue weighted by molar-refractivity contribution is 5.79. The van der Waals surface area contributed by atoms with Crippen LogP contribution in [0.3, 0.4) is 0 Å². The highest BCUT2D eigenvalue weighted by atomic mass is 19.1. The fraction of sp³-hybridized carbons (Fsp3) is 0.500. The summed E-state index contributed by atoms with van der Waals surface area (Å²) in [7, 11) is 1.55. The van der Waals surface area contributed by atoms with Gasteiger partial charge in [0.25, 0.3) is 0 Å². The molecule has 0 amide bonds. The monoisotopic (exact) mass is 376 g/mol. The fourth-order valence-corrected chi connectivity index (χ4v) is 2.81. The highest BCUT2D eigenvalue weighted by Crippen LogP contribution is 2.16. The van der Waals surface area contributed by atoms with Crippen molar-refractivity contribution in [3.05, 3.63) is 52.2 Å². The van der Waals surface area contributed by atoms with E-state index in [1.807, 2.05) is 6.92 Å². The number of aromatic nitrogens is 1. The Kier molecular flexibility index (Phi) is 8.26. The van der Waals surface area contributed by atoms with Crippen LogP contribution in [0.15, 0.2) is 27.7 Å². The number of methoxy groups -OCH3 is 1. The Morgan fingerprint density at radius 2 is 2.04 bits per heavy atom. The van der Waals surface area contributed by atoms with Gasteiger partial charge >= 0.3 is 0 Å². The lowest BCUT2D eigenvalue weighted by Crippen LogP contribution is -2.37. The lowest BCUT2D eigenvalue weighted by molar-refractivity contribution is 0.181. The van der Waals surface area contributed by atoms with Crippen LogP contribution in [-0.2, 0) is 37.3 Å². The number of aliphatic imine (C=N–C) groups is 1. The van der Waals surface area contributed by atoms with Gasteiger partial charge in [-0.1, -0.05) is 25.1 Å². The Bertz CT molecular complexity index is 737. The van der Waals surface area contributed by atoms with E-state index in [1.54, 1.807) is 19.2 Å². The molecule has 0 aliphatic heterocycles. The van der Waals surface area contributed by atoms with Gasteiger partial charge < -0.3 is 19.9 Å². The molecule has 148 valence electrons. The first-order valence-electron chi connectivity index (χ1n) is 9.37. The first-order valence-corrected chi connectivity index (χ1v) is 9.37. The van der Waals surface area contributed by atoms with Crippen LogP contribution in [0.25, 0.3) is 0 Å². The van der Waals surface area contributed by atoms with Crippen LogP contribution in [-0.4, -0.2) is 24.8 Å². The molecule has 27 heavy (non-hydrogen) atoms. The molecule has 2 N–H and O–H groups in total. The molecule has 0 saturated carbocycles. The van der Waals surface area contributed by atoms with E-state index in [1.165, 1.54) is 6.07 Å². The van der Waals surface area contributed by atoms with E-state index in [0.717, 1.165) is 42.0 Å². The van der Waals surface area contributed by atoms with Crippen LogP contribution >= 0.6 is 0 Å². The SMILES string of the molecule is CCNC(=NCc1ccc(F)c(COC)c1)NCc1c(CC)noc1CC. The number of rotatable bonds is 9. The van der Waals surface area contributed by atoms with Crippen molar-refractivity contribution in [1.82, 2.24) is 15.8 Å². The normalized spacial score (nSPS) is 11.7. The molecule has 2 rings (SSSR count). The van der Waals surface area contributed by atoms with E-state index in [-0.39, 0.29) is 12.4 Å².